The Kier molecular flexibility index (Phi) is 6.72. The lowest BCUT2D eigenvalue weighted by Crippen LogP contribution is -2.49. The van der Waals surface area contributed by atoms with E-state index in [1.165, 1.54) is 30.4 Å². The molecule has 1 aliphatic heterocycles. The maximum absolute atomic E-state index is 12.7. The van der Waals surface area contributed by atoms with Gasteiger partial charge in [0.15, 0.2) is 11.7 Å². The van der Waals surface area contributed by atoms with Crippen molar-refractivity contribution in [1.82, 2.24) is 14.8 Å². The summed E-state index contributed by atoms with van der Waals surface area (Å²) in [6.07, 6.45) is 6.32. The van der Waals surface area contributed by atoms with Crippen molar-refractivity contribution in [1.29, 1.82) is 0 Å². The van der Waals surface area contributed by atoms with Crippen LogP contribution in [-0.4, -0.2) is 60.0 Å². The van der Waals surface area contributed by atoms with Crippen LogP contribution in [-0.2, 0) is 24.1 Å². The highest BCUT2D eigenvalue weighted by Crippen LogP contribution is 2.26. The van der Waals surface area contributed by atoms with E-state index in [-0.39, 0.29) is 5.91 Å². The van der Waals surface area contributed by atoms with Crippen molar-refractivity contribution in [3.63, 3.8) is 0 Å². The Morgan fingerprint density at radius 3 is 2.67 bits per heavy atom. The third kappa shape index (κ3) is 5.45. The van der Waals surface area contributed by atoms with Crippen molar-refractivity contribution in [2.24, 2.45) is 0 Å². The van der Waals surface area contributed by atoms with Crippen LogP contribution in [0.5, 0.6) is 5.75 Å². The summed E-state index contributed by atoms with van der Waals surface area (Å²) in [5, 5.41) is 0. The minimum atomic E-state index is 0.170. The van der Waals surface area contributed by atoms with E-state index in [9.17, 15) is 4.79 Å². The minimum absolute atomic E-state index is 0.170. The zero-order valence-electron chi connectivity index (χ0n) is 19.0. The molecule has 0 radical (unpaired) electrons. The highest BCUT2D eigenvalue weighted by Gasteiger charge is 2.21. The summed E-state index contributed by atoms with van der Waals surface area (Å²) < 4.78 is 11.8. The number of nitrogens with zero attached hydrogens (tertiary/aromatic N) is 3. The molecule has 1 amide bonds. The monoisotopic (exact) mass is 445 g/mol. The number of piperazine rings is 1. The van der Waals surface area contributed by atoms with Gasteiger partial charge >= 0.3 is 0 Å². The predicted octanol–water partition coefficient (Wildman–Crippen LogP) is 3.99. The van der Waals surface area contributed by atoms with Crippen LogP contribution in [0.25, 0.3) is 11.3 Å². The fourth-order valence-electron chi connectivity index (χ4n) is 4.69. The first-order valence-corrected chi connectivity index (χ1v) is 12.0. The molecular weight excluding hydrogens is 414 g/mol. The number of fused-ring (bicyclic) bond motifs is 1. The molecule has 2 aromatic carbocycles. The van der Waals surface area contributed by atoms with Gasteiger partial charge in [0.1, 0.15) is 12.4 Å². The van der Waals surface area contributed by atoms with E-state index in [1.807, 2.05) is 35.2 Å². The molecule has 0 saturated carbocycles. The molecule has 0 bridgehead atoms. The van der Waals surface area contributed by atoms with Crippen LogP contribution in [0.2, 0.25) is 0 Å². The van der Waals surface area contributed by atoms with E-state index in [0.29, 0.717) is 25.3 Å². The zero-order chi connectivity index (χ0) is 22.5. The molecule has 6 nitrogen and oxygen atoms in total. The molecule has 1 aliphatic carbocycles. The van der Waals surface area contributed by atoms with Crippen molar-refractivity contribution in [3.8, 4) is 17.1 Å². The molecule has 0 atom stereocenters. The molecule has 6 heteroatoms. The van der Waals surface area contributed by atoms with Gasteiger partial charge < -0.3 is 14.1 Å². The first-order valence-electron chi connectivity index (χ1n) is 12.0. The highest BCUT2D eigenvalue weighted by atomic mass is 16.5. The van der Waals surface area contributed by atoms with Gasteiger partial charge in [0.2, 0.25) is 5.91 Å². The minimum Gasteiger partial charge on any atom is -0.492 e. The Bertz CT molecular complexity index is 1070. The van der Waals surface area contributed by atoms with Crippen molar-refractivity contribution in [2.75, 3.05) is 39.3 Å². The zero-order valence-corrected chi connectivity index (χ0v) is 19.0. The van der Waals surface area contributed by atoms with Crippen molar-refractivity contribution < 1.29 is 13.9 Å². The lowest BCUT2D eigenvalue weighted by molar-refractivity contribution is -0.133. The summed E-state index contributed by atoms with van der Waals surface area (Å²) in [7, 11) is 0. The SMILES string of the molecule is O=C(CCc1ncc(-c2ccccc2)o1)N1CCN(CCOc2ccc3c(c2)CCC3)CC1. The topological polar surface area (TPSA) is 58.8 Å². The molecule has 1 aromatic heterocycles. The Hall–Kier alpha value is -3.12. The molecule has 5 rings (SSSR count). The molecule has 33 heavy (non-hydrogen) atoms. The lowest BCUT2D eigenvalue weighted by Gasteiger charge is -2.34. The van der Waals surface area contributed by atoms with Gasteiger partial charge in [-0.2, -0.15) is 0 Å². The first kappa shape index (κ1) is 21.7. The second-order valence-electron chi connectivity index (χ2n) is 8.84. The quantitative estimate of drug-likeness (QED) is 0.525. The molecule has 1 fully saturated rings. The number of ether oxygens (including phenoxy) is 1. The van der Waals surface area contributed by atoms with Crippen molar-refractivity contribution >= 4 is 5.91 Å². The van der Waals surface area contributed by atoms with Crippen LogP contribution >= 0.6 is 0 Å². The van der Waals surface area contributed by atoms with Gasteiger partial charge in [-0.25, -0.2) is 4.98 Å². The summed E-state index contributed by atoms with van der Waals surface area (Å²) in [4.78, 5) is 21.3. The number of amides is 1. The summed E-state index contributed by atoms with van der Waals surface area (Å²) >= 11 is 0. The Balaban J connectivity index is 1.01. The highest BCUT2D eigenvalue weighted by molar-refractivity contribution is 5.76. The van der Waals surface area contributed by atoms with E-state index in [4.69, 9.17) is 9.15 Å². The molecule has 3 aromatic rings. The number of hydrogen-bond acceptors (Lipinski definition) is 5. The summed E-state index contributed by atoms with van der Waals surface area (Å²) in [5.41, 5.74) is 3.92. The average Bonchev–Trinajstić information content (AvgIpc) is 3.53. The summed E-state index contributed by atoms with van der Waals surface area (Å²) in [5.74, 6) is 2.51. The summed E-state index contributed by atoms with van der Waals surface area (Å²) in [6, 6.07) is 16.4. The third-order valence-corrected chi connectivity index (χ3v) is 6.64. The smallest absolute Gasteiger partial charge is 0.223 e. The predicted molar refractivity (Wildman–Crippen MR) is 127 cm³/mol. The van der Waals surface area contributed by atoms with Crippen LogP contribution in [0, 0.1) is 0 Å². The van der Waals surface area contributed by atoms with Crippen LogP contribution in [0.15, 0.2) is 59.1 Å². The first-order chi connectivity index (χ1) is 16.2. The van der Waals surface area contributed by atoms with Crippen molar-refractivity contribution in [2.45, 2.75) is 32.1 Å². The molecule has 0 spiro atoms. The van der Waals surface area contributed by atoms with Gasteiger partial charge in [-0.3, -0.25) is 9.69 Å². The van der Waals surface area contributed by atoms with Gasteiger partial charge in [-0.1, -0.05) is 36.4 Å². The Labute approximate surface area is 195 Å². The number of oxazole rings is 1. The fourth-order valence-corrected chi connectivity index (χ4v) is 4.69. The van der Waals surface area contributed by atoms with E-state index in [2.05, 4.69) is 28.1 Å². The maximum atomic E-state index is 12.7. The maximum Gasteiger partial charge on any atom is 0.223 e. The molecule has 2 aliphatic rings. The molecular formula is C27H31N3O3. The van der Waals surface area contributed by atoms with Crippen LogP contribution in [0.3, 0.4) is 0 Å². The molecule has 2 heterocycles. The van der Waals surface area contributed by atoms with Gasteiger partial charge in [0.05, 0.1) is 6.20 Å². The lowest BCUT2D eigenvalue weighted by atomic mass is 10.1. The second kappa shape index (κ2) is 10.2. The normalized spacial score (nSPS) is 16.1. The van der Waals surface area contributed by atoms with Gasteiger partial charge in [-0.05, 0) is 42.5 Å². The summed E-state index contributed by atoms with van der Waals surface area (Å²) in [6.45, 7) is 4.86. The van der Waals surface area contributed by atoms with Crippen LogP contribution < -0.4 is 4.74 Å². The Morgan fingerprint density at radius 1 is 1.00 bits per heavy atom. The number of aryl methyl sites for hydroxylation is 3. The standard InChI is InChI=1S/C27H31N3O3/c31-27(12-11-26-28-20-25(33-26)22-5-2-1-3-6-22)30-15-13-29(14-16-30)17-18-32-24-10-9-21-7-4-8-23(21)19-24/h1-3,5-6,9-10,19-20H,4,7-8,11-18H2. The fraction of sp³-hybridized carbons (Fsp3) is 0.407. The number of benzene rings is 2. The van der Waals surface area contributed by atoms with E-state index >= 15 is 0 Å². The molecule has 0 N–H and O–H groups in total. The third-order valence-electron chi connectivity index (χ3n) is 6.64. The Morgan fingerprint density at radius 2 is 1.82 bits per heavy atom. The van der Waals surface area contributed by atoms with Gasteiger partial charge in [-0.15, -0.1) is 0 Å². The van der Waals surface area contributed by atoms with Gasteiger partial charge in [0.25, 0.3) is 0 Å². The molecule has 1 saturated heterocycles. The van der Waals surface area contributed by atoms with E-state index < -0.39 is 0 Å². The largest absolute Gasteiger partial charge is 0.492 e. The number of hydrogen-bond donors (Lipinski definition) is 0. The van der Waals surface area contributed by atoms with E-state index in [0.717, 1.165) is 49.8 Å². The second-order valence-corrected chi connectivity index (χ2v) is 8.84. The number of carbonyl (C=O) groups is 1. The molecule has 0 unspecified atom stereocenters. The van der Waals surface area contributed by atoms with Crippen molar-refractivity contribution in [3.05, 3.63) is 71.7 Å². The van der Waals surface area contributed by atoms with Gasteiger partial charge in [0, 0.05) is 51.1 Å². The number of rotatable bonds is 8. The van der Waals surface area contributed by atoms with E-state index in [1.54, 1.807) is 6.20 Å². The van der Waals surface area contributed by atoms with Crippen LogP contribution in [0.1, 0.15) is 29.9 Å². The number of aromatic nitrogens is 1. The number of carbonyl (C=O) groups excluding carboxylic acids is 1. The molecule has 172 valence electrons. The van der Waals surface area contributed by atoms with Crippen LogP contribution in [0.4, 0.5) is 0 Å². The average molecular weight is 446 g/mol.